The van der Waals surface area contributed by atoms with Crippen LogP contribution in [0.5, 0.6) is 0 Å². The monoisotopic (exact) mass is 465 g/mol. The summed E-state index contributed by atoms with van der Waals surface area (Å²) >= 11 is 1.51. The van der Waals surface area contributed by atoms with E-state index in [0.717, 1.165) is 46.8 Å². The van der Waals surface area contributed by atoms with Gasteiger partial charge in [-0.25, -0.2) is 4.98 Å². The zero-order valence-corrected chi connectivity index (χ0v) is 18.8. The molecule has 2 aromatic heterocycles. The molecule has 1 atom stereocenters. The molecule has 1 saturated carbocycles. The Hall–Kier alpha value is -3.28. The Morgan fingerprint density at radius 3 is 2.79 bits per heavy atom. The molecule has 11 heteroatoms. The molecule has 5 rings (SSSR count). The molecule has 3 aromatic rings. The van der Waals surface area contributed by atoms with Gasteiger partial charge < -0.3 is 15.6 Å². The van der Waals surface area contributed by atoms with E-state index in [9.17, 15) is 4.79 Å². The van der Waals surface area contributed by atoms with Crippen molar-refractivity contribution >= 4 is 29.6 Å². The number of H-pyrrole nitrogens is 2. The Morgan fingerprint density at radius 2 is 2.06 bits per heavy atom. The summed E-state index contributed by atoms with van der Waals surface area (Å²) in [5, 5.41) is 14.5. The molecular weight excluding hydrogens is 438 g/mol. The van der Waals surface area contributed by atoms with Crippen molar-refractivity contribution in [1.29, 1.82) is 0 Å². The Morgan fingerprint density at radius 1 is 1.18 bits per heavy atom. The number of thioether (sulfide) groups is 1. The summed E-state index contributed by atoms with van der Waals surface area (Å²) in [6.45, 7) is 1.77. The average molecular weight is 466 g/mol. The van der Waals surface area contributed by atoms with Gasteiger partial charge in [-0.15, -0.1) is 5.53 Å². The second-order valence-corrected chi connectivity index (χ2v) is 9.25. The quantitative estimate of drug-likeness (QED) is 0.179. The summed E-state index contributed by atoms with van der Waals surface area (Å²) in [6.07, 6.45) is 8.78. The number of hydrogen-bond donors (Lipinski definition) is 7. The number of nitrogens with one attached hydrogen (secondary N) is 7. The third kappa shape index (κ3) is 5.95. The van der Waals surface area contributed by atoms with Crippen molar-refractivity contribution < 1.29 is 4.79 Å². The van der Waals surface area contributed by atoms with Crippen LogP contribution in [0.25, 0.3) is 6.08 Å². The number of nitrogens with zero attached hydrogens (tertiary/aromatic N) is 2. The highest BCUT2D eigenvalue weighted by atomic mass is 32.2. The van der Waals surface area contributed by atoms with E-state index in [1.54, 1.807) is 12.4 Å². The minimum Gasteiger partial charge on any atom is -0.348 e. The van der Waals surface area contributed by atoms with E-state index in [2.05, 4.69) is 47.2 Å². The van der Waals surface area contributed by atoms with Crippen LogP contribution in [0.3, 0.4) is 0 Å². The smallest absolute Gasteiger partial charge is 0.251 e. The maximum Gasteiger partial charge on any atom is 0.251 e. The molecule has 1 aliphatic heterocycles. The van der Waals surface area contributed by atoms with Gasteiger partial charge >= 0.3 is 0 Å². The minimum atomic E-state index is -0.0415. The van der Waals surface area contributed by atoms with Gasteiger partial charge in [-0.1, -0.05) is 11.8 Å². The van der Waals surface area contributed by atoms with Gasteiger partial charge in [-0.3, -0.25) is 20.7 Å². The molecule has 1 aliphatic carbocycles. The zero-order chi connectivity index (χ0) is 22.5. The standard InChI is InChI=1S/C22H27N9OS/c32-22(26-16-7-8-23-13-16)15-3-5-17(6-4-15)33-21(12-19-24-9-10-25-19)30-31-29-20-11-18(27-28-20)14-1-2-14/h3-6,9-12,14,16,23,30-31H,1-2,7-8,13H2,(H,24,25)(H,26,32)(H2,27,28,29)/b21-12+. The number of carbonyl (C=O) groups excluding carboxylic acids is 1. The lowest BCUT2D eigenvalue weighted by atomic mass is 10.2. The number of aromatic amines is 2. The summed E-state index contributed by atoms with van der Waals surface area (Å²) in [6, 6.07) is 9.78. The molecule has 0 radical (unpaired) electrons. The van der Waals surface area contributed by atoms with E-state index in [0.29, 0.717) is 11.5 Å². The topological polar surface area (TPSA) is 135 Å². The van der Waals surface area contributed by atoms with Crippen LogP contribution in [0, 0.1) is 0 Å². The number of benzene rings is 1. The van der Waals surface area contributed by atoms with Crippen LogP contribution < -0.4 is 27.0 Å². The van der Waals surface area contributed by atoms with Crippen molar-refractivity contribution in [2.45, 2.75) is 36.1 Å². The summed E-state index contributed by atoms with van der Waals surface area (Å²) < 4.78 is 0. The van der Waals surface area contributed by atoms with Crippen LogP contribution in [0.4, 0.5) is 5.82 Å². The lowest BCUT2D eigenvalue weighted by molar-refractivity contribution is 0.0940. The number of anilines is 1. The fourth-order valence-corrected chi connectivity index (χ4v) is 4.38. The van der Waals surface area contributed by atoms with E-state index >= 15 is 0 Å². The van der Waals surface area contributed by atoms with Crippen molar-refractivity contribution in [3.63, 3.8) is 0 Å². The Labute approximate surface area is 195 Å². The normalized spacial score (nSPS) is 18.3. The second-order valence-electron chi connectivity index (χ2n) is 8.13. The SMILES string of the molecule is O=C(NC1CCNC1)c1ccc(S/C(=C/c2ncc[nH]2)NNNc2cc(C3CC3)[nH]n2)cc1. The molecular formula is C22H27N9OS. The molecule has 10 nitrogen and oxygen atoms in total. The van der Waals surface area contributed by atoms with Gasteiger partial charge in [-0.05, 0) is 50.1 Å². The summed E-state index contributed by atoms with van der Waals surface area (Å²) in [7, 11) is 0. The number of imidazole rings is 1. The maximum atomic E-state index is 12.5. The van der Waals surface area contributed by atoms with Gasteiger partial charge in [0.05, 0.1) is 5.03 Å². The first-order chi connectivity index (χ1) is 16.2. The Balaban J connectivity index is 1.19. The highest BCUT2D eigenvalue weighted by molar-refractivity contribution is 8.03. The summed E-state index contributed by atoms with van der Waals surface area (Å²) in [5.74, 6) is 2.02. The average Bonchev–Trinajstić information content (AvgIpc) is 3.21. The van der Waals surface area contributed by atoms with Gasteiger partial charge in [0.1, 0.15) is 5.82 Å². The fourth-order valence-electron chi connectivity index (χ4n) is 3.58. The minimum absolute atomic E-state index is 0.0415. The van der Waals surface area contributed by atoms with Crippen molar-refractivity contribution in [1.82, 2.24) is 41.8 Å². The number of amides is 1. The Kier molecular flexibility index (Phi) is 6.61. The molecule has 0 spiro atoms. The molecule has 7 N–H and O–H groups in total. The van der Waals surface area contributed by atoms with E-state index in [4.69, 9.17) is 0 Å². The number of rotatable bonds is 10. The molecule has 33 heavy (non-hydrogen) atoms. The van der Waals surface area contributed by atoms with Crippen LogP contribution in [-0.4, -0.2) is 45.2 Å². The number of aromatic nitrogens is 4. The molecule has 172 valence electrons. The number of hydrazine groups is 2. The van der Waals surface area contributed by atoms with Crippen LogP contribution in [-0.2, 0) is 0 Å². The molecule has 3 heterocycles. The van der Waals surface area contributed by atoms with Crippen LogP contribution >= 0.6 is 11.8 Å². The molecule has 1 amide bonds. The second kappa shape index (κ2) is 10.1. The first-order valence-corrected chi connectivity index (χ1v) is 11.9. The van der Waals surface area contributed by atoms with Gasteiger partial charge in [0.2, 0.25) is 0 Å². The van der Waals surface area contributed by atoms with Crippen LogP contribution in [0.2, 0.25) is 0 Å². The van der Waals surface area contributed by atoms with Crippen molar-refractivity contribution in [3.05, 3.63) is 64.8 Å². The maximum absolute atomic E-state index is 12.5. The third-order valence-corrected chi connectivity index (χ3v) is 6.47. The predicted octanol–water partition coefficient (Wildman–Crippen LogP) is 2.31. The highest BCUT2D eigenvalue weighted by Crippen LogP contribution is 2.39. The van der Waals surface area contributed by atoms with Gasteiger partial charge in [0.25, 0.3) is 5.91 Å². The molecule has 1 saturated heterocycles. The lowest BCUT2D eigenvalue weighted by Gasteiger charge is -2.13. The molecule has 1 unspecified atom stereocenters. The van der Waals surface area contributed by atoms with Crippen molar-refractivity contribution in [2.75, 3.05) is 18.5 Å². The molecule has 0 bridgehead atoms. The molecule has 2 aliphatic rings. The van der Waals surface area contributed by atoms with E-state index in [-0.39, 0.29) is 11.9 Å². The summed E-state index contributed by atoms with van der Waals surface area (Å²) in [4.78, 5) is 20.8. The highest BCUT2D eigenvalue weighted by Gasteiger charge is 2.25. The molecule has 1 aromatic carbocycles. The van der Waals surface area contributed by atoms with Crippen molar-refractivity contribution in [3.8, 4) is 0 Å². The fraction of sp³-hybridized carbons (Fsp3) is 0.318. The number of hydrogen-bond acceptors (Lipinski definition) is 8. The van der Waals surface area contributed by atoms with Crippen LogP contribution in [0.15, 0.2) is 52.7 Å². The Bertz CT molecular complexity index is 1080. The van der Waals surface area contributed by atoms with Gasteiger partial charge in [0, 0.05) is 59.2 Å². The zero-order valence-electron chi connectivity index (χ0n) is 18.0. The summed E-state index contributed by atoms with van der Waals surface area (Å²) in [5.41, 5.74) is 11.0. The first-order valence-electron chi connectivity index (χ1n) is 11.1. The van der Waals surface area contributed by atoms with Gasteiger partial charge in [0.15, 0.2) is 5.82 Å². The predicted molar refractivity (Wildman–Crippen MR) is 128 cm³/mol. The van der Waals surface area contributed by atoms with E-state index < -0.39 is 0 Å². The van der Waals surface area contributed by atoms with Crippen molar-refractivity contribution in [2.24, 2.45) is 0 Å². The van der Waals surface area contributed by atoms with Gasteiger partial charge in [-0.2, -0.15) is 5.10 Å². The number of carbonyl (C=O) groups is 1. The van der Waals surface area contributed by atoms with Crippen LogP contribution in [0.1, 0.15) is 47.1 Å². The first kappa shape index (κ1) is 21.6. The third-order valence-electron chi connectivity index (χ3n) is 5.52. The lowest BCUT2D eigenvalue weighted by Crippen LogP contribution is -2.36. The molecule has 2 fully saturated rings. The van der Waals surface area contributed by atoms with E-state index in [1.165, 1.54) is 24.6 Å². The van der Waals surface area contributed by atoms with E-state index in [1.807, 2.05) is 36.4 Å². The largest absolute Gasteiger partial charge is 0.348 e.